The predicted molar refractivity (Wildman–Crippen MR) is 110 cm³/mol. The molecule has 0 saturated carbocycles. The Balaban J connectivity index is 2.27. The number of benzene rings is 2. The van der Waals surface area contributed by atoms with Crippen molar-refractivity contribution in [2.24, 2.45) is 0 Å². The third kappa shape index (κ3) is 6.53. The fourth-order valence-corrected chi connectivity index (χ4v) is 3.80. The molecule has 142 valence electrons. The zero-order valence-electron chi connectivity index (χ0n) is 15.9. The van der Waals surface area contributed by atoms with Gasteiger partial charge < -0.3 is 5.32 Å². The largest absolute Gasteiger partial charge is 0.322 e. The van der Waals surface area contributed by atoms with Gasteiger partial charge in [0.15, 0.2) is 9.84 Å². The van der Waals surface area contributed by atoms with Crippen LogP contribution in [0.15, 0.2) is 82.8 Å². The third-order valence-electron chi connectivity index (χ3n) is 3.94. The summed E-state index contributed by atoms with van der Waals surface area (Å²) in [4.78, 5) is 12.9. The number of para-hydroxylation sites is 1. The smallest absolute Gasteiger partial charge is 0.252 e. The highest BCUT2D eigenvalue weighted by atomic mass is 32.2. The zero-order chi connectivity index (χ0) is 19.9. The fraction of sp³-hybridized carbons (Fsp3) is 0.227. The summed E-state index contributed by atoms with van der Waals surface area (Å²) in [5, 5.41) is 2.77. The van der Waals surface area contributed by atoms with Gasteiger partial charge in [-0.25, -0.2) is 8.42 Å². The predicted octanol–water partition coefficient (Wildman–Crippen LogP) is 4.69. The highest BCUT2D eigenvalue weighted by Gasteiger charge is 2.21. The van der Waals surface area contributed by atoms with E-state index in [9.17, 15) is 13.2 Å². The molecular weight excluding hydrogens is 358 g/mol. The zero-order valence-corrected chi connectivity index (χ0v) is 16.7. The molecule has 2 aromatic rings. The molecule has 0 spiro atoms. The quantitative estimate of drug-likeness (QED) is 0.557. The second-order valence-corrected chi connectivity index (χ2v) is 8.63. The number of rotatable bonds is 7. The van der Waals surface area contributed by atoms with E-state index in [4.69, 9.17) is 0 Å². The number of nitrogens with one attached hydrogen (secondary N) is 1. The lowest BCUT2D eigenvalue weighted by molar-refractivity contribution is -0.112. The number of amides is 1. The number of hydrogen-bond donors (Lipinski definition) is 1. The van der Waals surface area contributed by atoms with E-state index in [2.05, 4.69) is 5.32 Å². The van der Waals surface area contributed by atoms with E-state index in [0.717, 1.165) is 11.1 Å². The first-order chi connectivity index (χ1) is 12.8. The highest BCUT2D eigenvalue weighted by molar-refractivity contribution is 7.91. The van der Waals surface area contributed by atoms with E-state index in [1.807, 2.05) is 45.0 Å². The molecule has 0 heterocycles. The molecule has 4 nitrogen and oxygen atoms in total. The Hall–Kier alpha value is -2.66. The minimum atomic E-state index is -3.61. The van der Waals surface area contributed by atoms with E-state index >= 15 is 0 Å². The molecule has 0 bridgehead atoms. The maximum atomic E-state index is 12.8. The number of carbonyl (C=O) groups excluding carboxylic acids is 1. The standard InChI is InChI=1S/C22H25NO3S/c1-17(2)8-7-9-19(22(24)23-20-10-5-4-6-11-20)16-27(25,26)21-14-12-18(3)13-15-21/h4-6,8-15H,7,16H2,1-3H3,(H,23,24)/b19-9-. The minimum Gasteiger partial charge on any atom is -0.322 e. The Bertz CT molecular complexity index is 937. The van der Waals surface area contributed by atoms with Crippen molar-refractivity contribution in [2.45, 2.75) is 32.1 Å². The normalized spacial score (nSPS) is 11.7. The van der Waals surface area contributed by atoms with Gasteiger partial charge in [0.25, 0.3) is 5.91 Å². The number of aryl methyl sites for hydroxylation is 1. The Morgan fingerprint density at radius 3 is 2.19 bits per heavy atom. The minimum absolute atomic E-state index is 0.216. The first-order valence-corrected chi connectivity index (χ1v) is 10.4. The lowest BCUT2D eigenvalue weighted by Crippen LogP contribution is -2.21. The van der Waals surface area contributed by atoms with Crippen LogP contribution in [-0.4, -0.2) is 20.1 Å². The van der Waals surface area contributed by atoms with Crippen molar-refractivity contribution in [2.75, 3.05) is 11.1 Å². The molecule has 0 saturated heterocycles. The summed E-state index contributed by atoms with van der Waals surface area (Å²) in [5.74, 6) is -0.746. The van der Waals surface area contributed by atoms with Crippen molar-refractivity contribution in [1.82, 2.24) is 0 Å². The Morgan fingerprint density at radius 1 is 0.963 bits per heavy atom. The molecule has 0 aliphatic carbocycles. The molecule has 1 N–H and O–H groups in total. The van der Waals surface area contributed by atoms with E-state index in [0.29, 0.717) is 12.1 Å². The third-order valence-corrected chi connectivity index (χ3v) is 5.62. The van der Waals surface area contributed by atoms with Crippen LogP contribution in [0.2, 0.25) is 0 Å². The molecule has 0 unspecified atom stereocenters. The van der Waals surface area contributed by atoms with Crippen LogP contribution >= 0.6 is 0 Å². The molecule has 2 rings (SSSR count). The topological polar surface area (TPSA) is 63.2 Å². The van der Waals surface area contributed by atoms with E-state index in [-0.39, 0.29) is 16.2 Å². The van der Waals surface area contributed by atoms with Crippen molar-refractivity contribution in [1.29, 1.82) is 0 Å². The van der Waals surface area contributed by atoms with Gasteiger partial charge in [0.2, 0.25) is 0 Å². The van der Waals surface area contributed by atoms with Gasteiger partial charge in [0.1, 0.15) is 0 Å². The lowest BCUT2D eigenvalue weighted by Gasteiger charge is -2.10. The van der Waals surface area contributed by atoms with E-state index < -0.39 is 15.7 Å². The summed E-state index contributed by atoms with van der Waals surface area (Å²) in [6, 6.07) is 15.7. The van der Waals surface area contributed by atoms with Gasteiger partial charge in [-0.15, -0.1) is 0 Å². The lowest BCUT2D eigenvalue weighted by atomic mass is 10.2. The van der Waals surface area contributed by atoms with E-state index in [1.54, 1.807) is 42.5 Å². The van der Waals surface area contributed by atoms with Crippen molar-refractivity contribution >= 4 is 21.4 Å². The van der Waals surface area contributed by atoms with Crippen LogP contribution in [0.5, 0.6) is 0 Å². The number of allylic oxidation sites excluding steroid dienone is 3. The van der Waals surface area contributed by atoms with E-state index in [1.165, 1.54) is 0 Å². The van der Waals surface area contributed by atoms with Gasteiger partial charge in [0.05, 0.1) is 10.6 Å². The Kier molecular flexibility index (Phi) is 7.13. The second-order valence-electron chi connectivity index (χ2n) is 6.64. The van der Waals surface area contributed by atoms with Crippen molar-refractivity contribution in [3.8, 4) is 0 Å². The van der Waals surface area contributed by atoms with Crippen LogP contribution in [0.25, 0.3) is 0 Å². The van der Waals surface area contributed by atoms with Crippen molar-refractivity contribution < 1.29 is 13.2 Å². The molecule has 2 aromatic carbocycles. The Labute approximate surface area is 161 Å². The van der Waals surface area contributed by atoms with Gasteiger partial charge in [-0.1, -0.05) is 53.6 Å². The van der Waals surface area contributed by atoms with Crippen LogP contribution in [0, 0.1) is 6.92 Å². The molecule has 0 aliphatic heterocycles. The van der Waals surface area contributed by atoms with Gasteiger partial charge in [-0.2, -0.15) is 0 Å². The second kappa shape index (κ2) is 9.33. The van der Waals surface area contributed by atoms with Gasteiger partial charge in [0, 0.05) is 11.3 Å². The molecule has 5 heteroatoms. The molecule has 27 heavy (non-hydrogen) atoms. The first-order valence-electron chi connectivity index (χ1n) is 8.76. The van der Waals surface area contributed by atoms with Crippen LogP contribution < -0.4 is 5.32 Å². The summed E-state index contributed by atoms with van der Waals surface area (Å²) in [6.45, 7) is 5.82. The molecule has 0 aliphatic rings. The molecule has 0 radical (unpaired) electrons. The summed E-state index contributed by atoms with van der Waals surface area (Å²) < 4.78 is 25.5. The van der Waals surface area contributed by atoms with Crippen molar-refractivity contribution in [3.63, 3.8) is 0 Å². The first kappa shape index (κ1) is 20.6. The van der Waals surface area contributed by atoms with Crippen molar-refractivity contribution in [3.05, 3.63) is 83.5 Å². The number of anilines is 1. The molecule has 0 fully saturated rings. The monoisotopic (exact) mass is 383 g/mol. The van der Waals surface area contributed by atoms with Crippen LogP contribution in [0.3, 0.4) is 0 Å². The SMILES string of the molecule is CC(C)=CC/C=C(/CS(=O)(=O)c1ccc(C)cc1)C(=O)Nc1ccccc1. The highest BCUT2D eigenvalue weighted by Crippen LogP contribution is 2.17. The maximum absolute atomic E-state index is 12.8. The summed E-state index contributed by atoms with van der Waals surface area (Å²) in [7, 11) is -3.61. The molecule has 0 atom stereocenters. The number of sulfone groups is 1. The van der Waals surface area contributed by atoms with Gasteiger partial charge in [-0.3, -0.25) is 4.79 Å². The summed E-state index contributed by atoms with van der Waals surface area (Å²) in [6.07, 6.45) is 4.13. The van der Waals surface area contributed by atoms with Crippen LogP contribution in [0.4, 0.5) is 5.69 Å². The summed E-state index contributed by atoms with van der Waals surface area (Å²) in [5.41, 5.74) is 2.95. The molecule has 1 amide bonds. The molecule has 0 aromatic heterocycles. The Morgan fingerprint density at radius 2 is 1.59 bits per heavy atom. The van der Waals surface area contributed by atoms with Gasteiger partial charge in [-0.05, 0) is 51.5 Å². The average Bonchev–Trinajstić information content (AvgIpc) is 2.61. The fourth-order valence-electron chi connectivity index (χ4n) is 2.42. The number of carbonyl (C=O) groups is 1. The summed E-state index contributed by atoms with van der Waals surface area (Å²) >= 11 is 0. The van der Waals surface area contributed by atoms with Crippen LogP contribution in [-0.2, 0) is 14.6 Å². The van der Waals surface area contributed by atoms with Crippen LogP contribution in [0.1, 0.15) is 25.8 Å². The molecular formula is C22H25NO3S. The average molecular weight is 384 g/mol. The maximum Gasteiger partial charge on any atom is 0.252 e. The number of hydrogen-bond acceptors (Lipinski definition) is 3. The van der Waals surface area contributed by atoms with Gasteiger partial charge >= 0.3 is 0 Å².